The third-order valence-electron chi connectivity index (χ3n) is 3.33. The van der Waals surface area contributed by atoms with E-state index in [2.05, 4.69) is 34.2 Å². The summed E-state index contributed by atoms with van der Waals surface area (Å²) in [6, 6.07) is 7.05. The molecule has 0 amide bonds. The van der Waals surface area contributed by atoms with Gasteiger partial charge in [-0.05, 0) is 65.4 Å². The molecular formula is C19H16INO5. The van der Waals surface area contributed by atoms with Gasteiger partial charge in [0.15, 0.2) is 23.0 Å². The summed E-state index contributed by atoms with van der Waals surface area (Å²) in [5, 5.41) is 0. The zero-order valence-corrected chi connectivity index (χ0v) is 16.2. The second kappa shape index (κ2) is 8.22. The van der Waals surface area contributed by atoms with Gasteiger partial charge in [-0.2, -0.15) is 0 Å². The van der Waals surface area contributed by atoms with Crippen LogP contribution in [0.5, 0.6) is 11.5 Å². The highest BCUT2D eigenvalue weighted by atomic mass is 127. The van der Waals surface area contributed by atoms with Crippen molar-refractivity contribution in [3.8, 4) is 11.5 Å². The predicted octanol–water partition coefficient (Wildman–Crippen LogP) is 4.19. The Balaban J connectivity index is 1.95. The number of rotatable bonds is 7. The van der Waals surface area contributed by atoms with Crippen molar-refractivity contribution in [3.63, 3.8) is 0 Å². The molecule has 0 N–H and O–H groups in total. The maximum atomic E-state index is 12.1. The number of furan rings is 1. The topological polar surface area (TPSA) is 70.3 Å². The van der Waals surface area contributed by atoms with E-state index in [1.165, 1.54) is 6.26 Å². The van der Waals surface area contributed by atoms with E-state index >= 15 is 0 Å². The van der Waals surface area contributed by atoms with Gasteiger partial charge in [0.2, 0.25) is 0 Å². The molecule has 1 aliphatic heterocycles. The van der Waals surface area contributed by atoms with Crippen LogP contribution in [-0.2, 0) is 9.53 Å². The smallest absolute Gasteiger partial charge is 0.363 e. The number of carbonyl (C=O) groups is 1. The standard InChI is InChI=1S/C19H16INO5/c1-3-7-25-17-13(20)9-12(11-16(17)23-4-2)10-14-19(22)26-18(21-14)15-6-5-8-24-15/h3,5-6,8-11H,1,4,7H2,2H3. The summed E-state index contributed by atoms with van der Waals surface area (Å²) < 4.78 is 22.6. The Morgan fingerprint density at radius 3 is 2.88 bits per heavy atom. The quantitative estimate of drug-likeness (QED) is 0.266. The molecule has 0 saturated carbocycles. The average Bonchev–Trinajstić information content (AvgIpc) is 3.25. The molecule has 0 fully saturated rings. The SMILES string of the molecule is C=CCOc1c(I)cc(C=C2N=C(c3ccco3)OC2=O)cc1OCC. The Kier molecular flexibility index (Phi) is 5.77. The first-order valence-electron chi connectivity index (χ1n) is 7.88. The van der Waals surface area contributed by atoms with Crippen LogP contribution in [0, 0.1) is 3.57 Å². The maximum Gasteiger partial charge on any atom is 0.363 e. The lowest BCUT2D eigenvalue weighted by molar-refractivity contribution is -0.130. The van der Waals surface area contributed by atoms with Crippen LogP contribution in [0.3, 0.4) is 0 Å². The van der Waals surface area contributed by atoms with Crippen LogP contribution in [0.25, 0.3) is 6.08 Å². The summed E-state index contributed by atoms with van der Waals surface area (Å²) >= 11 is 2.16. The fourth-order valence-corrected chi connectivity index (χ4v) is 3.07. The molecular weight excluding hydrogens is 449 g/mol. The number of cyclic esters (lactones) is 1. The van der Waals surface area contributed by atoms with Gasteiger partial charge in [-0.15, -0.1) is 0 Å². The van der Waals surface area contributed by atoms with Crippen molar-refractivity contribution in [1.82, 2.24) is 0 Å². The lowest BCUT2D eigenvalue weighted by atomic mass is 10.1. The number of hydrogen-bond donors (Lipinski definition) is 0. The van der Waals surface area contributed by atoms with Gasteiger partial charge in [-0.1, -0.05) is 12.7 Å². The highest BCUT2D eigenvalue weighted by Gasteiger charge is 2.26. The van der Waals surface area contributed by atoms with Crippen molar-refractivity contribution in [3.05, 3.63) is 63.8 Å². The third kappa shape index (κ3) is 3.98. The average molecular weight is 465 g/mol. The number of ether oxygens (including phenoxy) is 3. The Bertz CT molecular complexity index is 884. The molecule has 26 heavy (non-hydrogen) atoms. The summed E-state index contributed by atoms with van der Waals surface area (Å²) in [5.74, 6) is 1.26. The van der Waals surface area contributed by atoms with Crippen molar-refractivity contribution >= 4 is 40.5 Å². The Labute approximate surface area is 164 Å². The molecule has 0 bridgehead atoms. The predicted molar refractivity (Wildman–Crippen MR) is 105 cm³/mol. The molecule has 2 heterocycles. The van der Waals surface area contributed by atoms with Gasteiger partial charge in [-0.25, -0.2) is 9.79 Å². The Morgan fingerprint density at radius 1 is 1.35 bits per heavy atom. The molecule has 1 aromatic carbocycles. The van der Waals surface area contributed by atoms with Crippen LogP contribution in [-0.4, -0.2) is 25.1 Å². The van der Waals surface area contributed by atoms with E-state index in [0.717, 1.165) is 9.13 Å². The number of hydrogen-bond acceptors (Lipinski definition) is 6. The summed E-state index contributed by atoms with van der Waals surface area (Å²) in [6.07, 6.45) is 4.80. The zero-order valence-electron chi connectivity index (χ0n) is 14.0. The molecule has 0 spiro atoms. The van der Waals surface area contributed by atoms with E-state index in [1.807, 2.05) is 13.0 Å². The summed E-state index contributed by atoms with van der Waals surface area (Å²) in [4.78, 5) is 16.3. The minimum absolute atomic E-state index is 0.150. The lowest BCUT2D eigenvalue weighted by Gasteiger charge is -2.13. The van der Waals surface area contributed by atoms with E-state index in [4.69, 9.17) is 18.6 Å². The van der Waals surface area contributed by atoms with Gasteiger partial charge in [0.05, 0.1) is 16.4 Å². The minimum Gasteiger partial charge on any atom is -0.490 e. The molecule has 1 aromatic heterocycles. The highest BCUT2D eigenvalue weighted by molar-refractivity contribution is 14.1. The summed E-state index contributed by atoms with van der Waals surface area (Å²) in [6.45, 7) is 6.41. The number of halogens is 1. The first-order valence-corrected chi connectivity index (χ1v) is 8.96. The van der Waals surface area contributed by atoms with Crippen molar-refractivity contribution in [2.75, 3.05) is 13.2 Å². The Morgan fingerprint density at radius 2 is 2.19 bits per heavy atom. The van der Waals surface area contributed by atoms with E-state index in [9.17, 15) is 4.79 Å². The zero-order chi connectivity index (χ0) is 18.5. The normalized spacial score (nSPS) is 14.9. The largest absolute Gasteiger partial charge is 0.490 e. The van der Waals surface area contributed by atoms with Crippen LogP contribution in [0.1, 0.15) is 18.2 Å². The van der Waals surface area contributed by atoms with Crippen molar-refractivity contribution in [1.29, 1.82) is 0 Å². The first-order chi connectivity index (χ1) is 12.6. The molecule has 0 saturated heterocycles. The second-order valence-corrected chi connectivity index (χ2v) is 6.34. The van der Waals surface area contributed by atoms with E-state index in [-0.39, 0.29) is 11.6 Å². The Hall–Kier alpha value is -2.55. The molecule has 1 aliphatic rings. The van der Waals surface area contributed by atoms with E-state index in [0.29, 0.717) is 30.5 Å². The van der Waals surface area contributed by atoms with Crippen LogP contribution < -0.4 is 9.47 Å². The van der Waals surface area contributed by atoms with Gasteiger partial charge in [-0.3, -0.25) is 0 Å². The van der Waals surface area contributed by atoms with E-state index < -0.39 is 5.97 Å². The van der Waals surface area contributed by atoms with Crippen LogP contribution in [0.4, 0.5) is 0 Å². The molecule has 2 aromatic rings. The monoisotopic (exact) mass is 465 g/mol. The van der Waals surface area contributed by atoms with Gasteiger partial charge in [0, 0.05) is 0 Å². The summed E-state index contributed by atoms with van der Waals surface area (Å²) in [5.41, 5.74) is 0.939. The molecule has 0 unspecified atom stereocenters. The van der Waals surface area contributed by atoms with Crippen molar-refractivity contribution in [2.45, 2.75) is 6.92 Å². The lowest BCUT2D eigenvalue weighted by Crippen LogP contribution is -2.04. The summed E-state index contributed by atoms with van der Waals surface area (Å²) in [7, 11) is 0. The highest BCUT2D eigenvalue weighted by Crippen LogP contribution is 2.35. The maximum absolute atomic E-state index is 12.1. The fourth-order valence-electron chi connectivity index (χ4n) is 2.29. The van der Waals surface area contributed by atoms with Gasteiger partial charge >= 0.3 is 5.97 Å². The molecule has 134 valence electrons. The minimum atomic E-state index is -0.531. The number of nitrogens with zero attached hydrogens (tertiary/aromatic N) is 1. The molecule has 0 aliphatic carbocycles. The van der Waals surface area contributed by atoms with Gasteiger partial charge in [0.1, 0.15) is 6.61 Å². The van der Waals surface area contributed by atoms with Gasteiger partial charge < -0.3 is 18.6 Å². The molecule has 0 radical (unpaired) electrons. The van der Waals surface area contributed by atoms with E-state index in [1.54, 1.807) is 30.4 Å². The van der Waals surface area contributed by atoms with Gasteiger partial charge in [0.25, 0.3) is 5.90 Å². The number of esters is 1. The third-order valence-corrected chi connectivity index (χ3v) is 4.13. The van der Waals surface area contributed by atoms with Crippen LogP contribution in [0.15, 0.2) is 58.3 Å². The number of carbonyl (C=O) groups excluding carboxylic acids is 1. The van der Waals surface area contributed by atoms with Crippen LogP contribution >= 0.6 is 22.6 Å². The van der Waals surface area contributed by atoms with Crippen molar-refractivity contribution in [2.24, 2.45) is 4.99 Å². The fraction of sp³-hybridized carbons (Fsp3) is 0.158. The van der Waals surface area contributed by atoms with Crippen LogP contribution in [0.2, 0.25) is 0 Å². The second-order valence-electron chi connectivity index (χ2n) is 5.18. The molecule has 0 atom stereocenters. The first kappa shape index (κ1) is 18.2. The molecule has 3 rings (SSSR count). The molecule has 7 heteroatoms. The van der Waals surface area contributed by atoms with Crippen molar-refractivity contribution < 1.29 is 23.4 Å². The number of benzene rings is 1. The number of aliphatic imine (C=N–C) groups is 1. The molecule has 6 nitrogen and oxygen atoms in total.